The first-order valence-corrected chi connectivity index (χ1v) is 21.4. The number of carbonyl (C=O) groups excluding carboxylic acids is 3. The van der Waals surface area contributed by atoms with Gasteiger partial charge in [0.1, 0.15) is 6.61 Å². The van der Waals surface area contributed by atoms with Crippen molar-refractivity contribution >= 4 is 25.7 Å². The van der Waals surface area contributed by atoms with Gasteiger partial charge < -0.3 is 19.7 Å². The molecule has 11 heteroatoms. The van der Waals surface area contributed by atoms with E-state index in [9.17, 15) is 23.8 Å². The van der Waals surface area contributed by atoms with Crippen molar-refractivity contribution in [3.63, 3.8) is 0 Å². The lowest BCUT2D eigenvalue weighted by molar-refractivity contribution is -0.161. The summed E-state index contributed by atoms with van der Waals surface area (Å²) in [4.78, 5) is 46.0. The first-order valence-electron chi connectivity index (χ1n) is 19.9. The summed E-state index contributed by atoms with van der Waals surface area (Å²) in [6, 6.07) is 0. The summed E-state index contributed by atoms with van der Waals surface area (Å²) in [5, 5.41) is 2.46. The Morgan fingerprint density at radius 2 is 0.959 bits per heavy atom. The molecule has 0 aliphatic heterocycles. The van der Waals surface area contributed by atoms with Gasteiger partial charge in [-0.25, -0.2) is 4.57 Å². The monoisotopic (exact) mass is 720 g/mol. The van der Waals surface area contributed by atoms with Crippen molar-refractivity contribution in [1.29, 1.82) is 0 Å². The van der Waals surface area contributed by atoms with Crippen LogP contribution in [0.15, 0.2) is 0 Å². The number of phosphoric ester groups is 1. The minimum Gasteiger partial charge on any atom is -0.462 e. The molecule has 1 unspecified atom stereocenters. The summed E-state index contributed by atoms with van der Waals surface area (Å²) in [5.74, 6) is -1.16. The molecule has 0 aromatic carbocycles. The fourth-order valence-corrected chi connectivity index (χ4v) is 6.37. The topological polar surface area (TPSA) is 137 Å². The SMILES string of the molecule is CCCCCCCCCCCCCCCC(=O)O[C@H](COC(=O)CCCCCCCCCCCCCC)COP(=O)(O)OCCNC(C)=O. The van der Waals surface area contributed by atoms with E-state index in [1.165, 1.54) is 122 Å². The Labute approximate surface area is 299 Å². The molecule has 0 radical (unpaired) electrons. The lowest BCUT2D eigenvalue weighted by Crippen LogP contribution is -2.30. The van der Waals surface area contributed by atoms with Crippen LogP contribution in [0.1, 0.15) is 194 Å². The first kappa shape index (κ1) is 47.5. The number of unbranched alkanes of at least 4 members (excludes halogenated alkanes) is 23. The number of esters is 2. The number of hydrogen-bond donors (Lipinski definition) is 2. The number of ether oxygens (including phenoxy) is 2. The van der Waals surface area contributed by atoms with Gasteiger partial charge in [0.2, 0.25) is 5.91 Å². The smallest absolute Gasteiger partial charge is 0.462 e. The molecule has 1 amide bonds. The van der Waals surface area contributed by atoms with E-state index < -0.39 is 32.5 Å². The van der Waals surface area contributed by atoms with Crippen molar-refractivity contribution in [2.24, 2.45) is 0 Å². The fraction of sp³-hybridized carbons (Fsp3) is 0.921. The first-order chi connectivity index (χ1) is 23.7. The van der Waals surface area contributed by atoms with Crippen LogP contribution in [0.25, 0.3) is 0 Å². The van der Waals surface area contributed by atoms with Gasteiger partial charge in [-0.15, -0.1) is 0 Å². The molecule has 0 fully saturated rings. The van der Waals surface area contributed by atoms with Crippen LogP contribution in [-0.2, 0) is 37.5 Å². The molecule has 0 bridgehead atoms. The molecule has 2 N–H and O–H groups in total. The maximum absolute atomic E-state index is 12.6. The second-order valence-electron chi connectivity index (χ2n) is 13.5. The Kier molecular flexibility index (Phi) is 33.9. The maximum atomic E-state index is 12.6. The Bertz CT molecular complexity index is 842. The average molecular weight is 720 g/mol. The number of phosphoric acid groups is 1. The van der Waals surface area contributed by atoms with E-state index in [1.54, 1.807) is 0 Å². The zero-order valence-corrected chi connectivity index (χ0v) is 32.6. The van der Waals surface area contributed by atoms with Crippen LogP contribution in [0, 0.1) is 0 Å². The van der Waals surface area contributed by atoms with Crippen LogP contribution < -0.4 is 5.32 Å². The number of amides is 1. The molecule has 0 heterocycles. The lowest BCUT2D eigenvalue weighted by Gasteiger charge is -2.20. The molecule has 0 aliphatic carbocycles. The van der Waals surface area contributed by atoms with Crippen LogP contribution >= 0.6 is 7.82 Å². The highest BCUT2D eigenvalue weighted by atomic mass is 31.2. The van der Waals surface area contributed by atoms with Gasteiger partial charge in [-0.1, -0.05) is 162 Å². The van der Waals surface area contributed by atoms with Crippen molar-refractivity contribution in [2.45, 2.75) is 200 Å². The fourth-order valence-electron chi connectivity index (χ4n) is 5.62. The van der Waals surface area contributed by atoms with Crippen LogP contribution in [0.4, 0.5) is 0 Å². The second kappa shape index (κ2) is 34.9. The highest BCUT2D eigenvalue weighted by molar-refractivity contribution is 7.47. The van der Waals surface area contributed by atoms with E-state index >= 15 is 0 Å². The van der Waals surface area contributed by atoms with Gasteiger partial charge in [0.05, 0.1) is 13.2 Å². The summed E-state index contributed by atoms with van der Waals surface area (Å²) in [7, 11) is -4.47. The molecule has 290 valence electrons. The summed E-state index contributed by atoms with van der Waals surface area (Å²) in [6.07, 6.45) is 29.4. The molecular weight excluding hydrogens is 645 g/mol. The minimum absolute atomic E-state index is 0.0392. The number of carbonyl (C=O) groups is 3. The normalized spacial score (nSPS) is 13.1. The third-order valence-corrected chi connectivity index (χ3v) is 9.59. The molecule has 10 nitrogen and oxygen atoms in total. The minimum atomic E-state index is -4.47. The van der Waals surface area contributed by atoms with Gasteiger partial charge in [0, 0.05) is 26.3 Å². The Balaban J connectivity index is 4.36. The average Bonchev–Trinajstić information content (AvgIpc) is 3.07. The zero-order chi connectivity index (χ0) is 36.3. The molecule has 0 saturated carbocycles. The summed E-state index contributed by atoms with van der Waals surface area (Å²) in [5.41, 5.74) is 0. The number of nitrogens with one attached hydrogen (secondary N) is 1. The predicted molar refractivity (Wildman–Crippen MR) is 197 cm³/mol. The van der Waals surface area contributed by atoms with Crippen molar-refractivity contribution in [3.05, 3.63) is 0 Å². The van der Waals surface area contributed by atoms with Gasteiger partial charge in [-0.2, -0.15) is 0 Å². The van der Waals surface area contributed by atoms with E-state index in [0.717, 1.165) is 38.5 Å². The van der Waals surface area contributed by atoms with Crippen LogP contribution in [0.2, 0.25) is 0 Å². The van der Waals surface area contributed by atoms with Gasteiger partial charge in [0.15, 0.2) is 6.10 Å². The summed E-state index contributed by atoms with van der Waals surface area (Å²) >= 11 is 0. The van der Waals surface area contributed by atoms with Gasteiger partial charge in [-0.3, -0.25) is 23.4 Å². The molecule has 49 heavy (non-hydrogen) atoms. The van der Waals surface area contributed by atoms with Gasteiger partial charge in [0.25, 0.3) is 0 Å². The molecule has 0 aliphatic rings. The van der Waals surface area contributed by atoms with E-state index in [4.69, 9.17) is 18.5 Å². The highest BCUT2D eigenvalue weighted by Crippen LogP contribution is 2.43. The molecular formula is C38H74NO9P. The highest BCUT2D eigenvalue weighted by Gasteiger charge is 2.26. The molecule has 0 rings (SSSR count). The van der Waals surface area contributed by atoms with Crippen molar-refractivity contribution < 1.29 is 42.4 Å². The second-order valence-corrected chi connectivity index (χ2v) is 15.0. The summed E-state index contributed by atoms with van der Waals surface area (Å²) < 4.78 is 33.0. The zero-order valence-electron chi connectivity index (χ0n) is 31.7. The molecule has 0 saturated heterocycles. The number of hydrogen-bond acceptors (Lipinski definition) is 8. The Hall–Kier alpha value is -1.48. The largest absolute Gasteiger partial charge is 0.472 e. The van der Waals surface area contributed by atoms with E-state index in [-0.39, 0.29) is 38.5 Å². The van der Waals surface area contributed by atoms with E-state index in [1.807, 2.05) is 0 Å². The standard InChI is InChI=1S/C38H74NO9P/c1-4-6-8-10-12-14-16-18-20-22-24-26-28-30-38(42)48-36(34-47-49(43,44)46-32-31-39-35(3)40)33-45-37(41)29-27-25-23-21-19-17-15-13-11-9-7-5-2/h36H,4-34H2,1-3H3,(H,39,40)(H,43,44)/t36-/m1/s1. The van der Waals surface area contributed by atoms with Crippen LogP contribution in [0.3, 0.4) is 0 Å². The van der Waals surface area contributed by atoms with Crippen molar-refractivity contribution in [2.75, 3.05) is 26.4 Å². The summed E-state index contributed by atoms with van der Waals surface area (Å²) in [6.45, 7) is 4.87. The lowest BCUT2D eigenvalue weighted by atomic mass is 10.0. The Morgan fingerprint density at radius 3 is 1.37 bits per heavy atom. The molecule has 0 spiro atoms. The number of rotatable bonds is 37. The predicted octanol–water partition coefficient (Wildman–Crippen LogP) is 10.3. The third kappa shape index (κ3) is 36.1. The van der Waals surface area contributed by atoms with Crippen molar-refractivity contribution in [1.82, 2.24) is 5.32 Å². The van der Waals surface area contributed by atoms with Crippen LogP contribution in [0.5, 0.6) is 0 Å². The molecule has 0 aromatic rings. The maximum Gasteiger partial charge on any atom is 0.472 e. The van der Waals surface area contributed by atoms with Gasteiger partial charge >= 0.3 is 19.8 Å². The Morgan fingerprint density at radius 1 is 0.571 bits per heavy atom. The van der Waals surface area contributed by atoms with E-state index in [0.29, 0.717) is 6.42 Å². The third-order valence-electron chi connectivity index (χ3n) is 8.60. The van der Waals surface area contributed by atoms with Crippen molar-refractivity contribution in [3.8, 4) is 0 Å². The van der Waals surface area contributed by atoms with Crippen LogP contribution in [-0.4, -0.2) is 55.2 Å². The molecule has 2 atom stereocenters. The quantitative estimate of drug-likeness (QED) is 0.0365. The van der Waals surface area contributed by atoms with Gasteiger partial charge in [-0.05, 0) is 12.8 Å². The van der Waals surface area contributed by atoms with E-state index in [2.05, 4.69) is 19.2 Å². The molecule has 0 aromatic heterocycles.